The lowest BCUT2D eigenvalue weighted by atomic mass is 9.64. The summed E-state index contributed by atoms with van der Waals surface area (Å²) in [4.78, 5) is 0. The van der Waals surface area contributed by atoms with Crippen molar-refractivity contribution in [1.82, 2.24) is 0 Å². The van der Waals surface area contributed by atoms with Crippen LogP contribution in [0.15, 0.2) is 54.6 Å². The normalized spacial score (nSPS) is 17.2. The van der Waals surface area contributed by atoms with Gasteiger partial charge in [0.25, 0.3) is 0 Å². The first-order chi connectivity index (χ1) is 8.84. The lowest BCUT2D eigenvalue weighted by Gasteiger charge is -2.41. The van der Waals surface area contributed by atoms with Crippen LogP contribution in [0.2, 0.25) is 0 Å². The van der Waals surface area contributed by atoms with E-state index >= 15 is 0 Å². The van der Waals surface area contributed by atoms with Crippen molar-refractivity contribution >= 4 is 0 Å². The Morgan fingerprint density at radius 1 is 0.889 bits per heavy atom. The fourth-order valence-electron chi connectivity index (χ4n) is 2.87. The van der Waals surface area contributed by atoms with E-state index in [1.165, 1.54) is 36.0 Å². The summed E-state index contributed by atoms with van der Waals surface area (Å²) in [5.41, 5.74) is 10.2. The molecule has 1 aliphatic rings. The average molecular weight is 237 g/mol. The summed E-state index contributed by atoms with van der Waals surface area (Å²) >= 11 is 0. The Balaban J connectivity index is 1.99. The minimum Gasteiger partial charge on any atom is -0.330 e. The molecule has 0 saturated heterocycles. The van der Waals surface area contributed by atoms with Gasteiger partial charge in [0, 0.05) is 12.0 Å². The Morgan fingerprint density at radius 2 is 1.61 bits per heavy atom. The van der Waals surface area contributed by atoms with E-state index in [2.05, 4.69) is 54.6 Å². The largest absolute Gasteiger partial charge is 0.330 e. The van der Waals surface area contributed by atoms with E-state index in [9.17, 15) is 0 Å². The molecule has 1 saturated carbocycles. The zero-order valence-corrected chi connectivity index (χ0v) is 10.6. The lowest BCUT2D eigenvalue weighted by molar-refractivity contribution is 0.253. The molecule has 0 radical (unpaired) electrons. The zero-order valence-electron chi connectivity index (χ0n) is 10.6. The van der Waals surface area contributed by atoms with E-state index in [1.807, 2.05) is 0 Å². The van der Waals surface area contributed by atoms with Gasteiger partial charge in [0.05, 0.1) is 0 Å². The first kappa shape index (κ1) is 11.5. The van der Waals surface area contributed by atoms with Crippen LogP contribution in [0.25, 0.3) is 11.1 Å². The van der Waals surface area contributed by atoms with Gasteiger partial charge in [0.2, 0.25) is 0 Å². The van der Waals surface area contributed by atoms with Crippen molar-refractivity contribution in [2.24, 2.45) is 5.73 Å². The fourth-order valence-corrected chi connectivity index (χ4v) is 2.87. The summed E-state index contributed by atoms with van der Waals surface area (Å²) in [5, 5.41) is 0. The smallest absolute Gasteiger partial charge is 0.00758 e. The second-order valence-electron chi connectivity index (χ2n) is 5.28. The average Bonchev–Trinajstić information content (AvgIpc) is 2.40. The molecule has 2 N–H and O–H groups in total. The number of rotatable bonds is 3. The molecule has 2 aromatic carbocycles. The quantitative estimate of drug-likeness (QED) is 0.864. The third kappa shape index (κ3) is 1.85. The standard InChI is InChI=1S/C17H19N/c18-13-17(10-5-11-17)16-9-4-8-15(12-16)14-6-2-1-3-7-14/h1-4,6-9,12H,5,10-11,13,18H2. The Kier molecular flexibility index (Phi) is 2.92. The predicted octanol–water partition coefficient (Wildman–Crippen LogP) is 3.73. The minimum atomic E-state index is 0.255. The van der Waals surface area contributed by atoms with E-state index in [4.69, 9.17) is 5.73 Å². The fraction of sp³-hybridized carbons (Fsp3) is 0.294. The second kappa shape index (κ2) is 4.58. The van der Waals surface area contributed by atoms with Crippen LogP contribution in [0.5, 0.6) is 0 Å². The molecule has 0 aliphatic heterocycles. The first-order valence-electron chi connectivity index (χ1n) is 6.70. The highest BCUT2D eigenvalue weighted by Crippen LogP contribution is 2.43. The summed E-state index contributed by atoms with van der Waals surface area (Å²) in [6, 6.07) is 19.5. The van der Waals surface area contributed by atoms with Gasteiger partial charge in [0.15, 0.2) is 0 Å². The Morgan fingerprint density at radius 3 is 2.22 bits per heavy atom. The summed E-state index contributed by atoms with van der Waals surface area (Å²) < 4.78 is 0. The highest BCUT2D eigenvalue weighted by molar-refractivity contribution is 5.64. The molecular weight excluding hydrogens is 218 g/mol. The molecule has 18 heavy (non-hydrogen) atoms. The van der Waals surface area contributed by atoms with Gasteiger partial charge < -0.3 is 5.73 Å². The number of nitrogens with two attached hydrogens (primary N) is 1. The van der Waals surface area contributed by atoms with Crippen LogP contribution in [-0.4, -0.2) is 6.54 Å². The van der Waals surface area contributed by atoms with Crippen LogP contribution in [0.3, 0.4) is 0 Å². The molecule has 0 heterocycles. The van der Waals surface area contributed by atoms with Crippen LogP contribution in [0.1, 0.15) is 24.8 Å². The van der Waals surface area contributed by atoms with Crippen molar-refractivity contribution in [1.29, 1.82) is 0 Å². The number of hydrogen-bond acceptors (Lipinski definition) is 1. The van der Waals surface area contributed by atoms with E-state index in [-0.39, 0.29) is 5.41 Å². The van der Waals surface area contributed by atoms with Crippen molar-refractivity contribution in [3.05, 3.63) is 60.2 Å². The molecule has 2 aromatic rings. The second-order valence-corrected chi connectivity index (χ2v) is 5.28. The van der Waals surface area contributed by atoms with Gasteiger partial charge in [-0.25, -0.2) is 0 Å². The van der Waals surface area contributed by atoms with Crippen molar-refractivity contribution in [2.45, 2.75) is 24.7 Å². The van der Waals surface area contributed by atoms with Gasteiger partial charge in [0.1, 0.15) is 0 Å². The van der Waals surface area contributed by atoms with Gasteiger partial charge in [-0.1, -0.05) is 61.0 Å². The van der Waals surface area contributed by atoms with Crippen molar-refractivity contribution in [3.8, 4) is 11.1 Å². The number of benzene rings is 2. The van der Waals surface area contributed by atoms with Crippen LogP contribution in [0.4, 0.5) is 0 Å². The summed E-state index contributed by atoms with van der Waals surface area (Å²) in [5.74, 6) is 0. The van der Waals surface area contributed by atoms with Gasteiger partial charge in [-0.2, -0.15) is 0 Å². The molecule has 0 atom stereocenters. The van der Waals surface area contributed by atoms with Crippen molar-refractivity contribution in [2.75, 3.05) is 6.54 Å². The maximum Gasteiger partial charge on any atom is 0.00758 e. The predicted molar refractivity (Wildman–Crippen MR) is 76.5 cm³/mol. The summed E-state index contributed by atoms with van der Waals surface area (Å²) in [7, 11) is 0. The monoisotopic (exact) mass is 237 g/mol. The van der Waals surface area contributed by atoms with Crippen LogP contribution < -0.4 is 5.73 Å². The minimum absolute atomic E-state index is 0.255. The molecule has 1 heteroatoms. The van der Waals surface area contributed by atoms with Crippen LogP contribution in [-0.2, 0) is 5.41 Å². The first-order valence-corrected chi connectivity index (χ1v) is 6.70. The molecule has 1 fully saturated rings. The Bertz CT molecular complexity index is 521. The van der Waals surface area contributed by atoms with Crippen LogP contribution in [0, 0.1) is 0 Å². The van der Waals surface area contributed by atoms with Crippen LogP contribution >= 0.6 is 0 Å². The highest BCUT2D eigenvalue weighted by atomic mass is 14.6. The molecule has 92 valence electrons. The van der Waals surface area contributed by atoms with E-state index in [1.54, 1.807) is 0 Å². The molecule has 0 unspecified atom stereocenters. The lowest BCUT2D eigenvalue weighted by Crippen LogP contribution is -2.41. The Hall–Kier alpha value is -1.60. The van der Waals surface area contributed by atoms with Gasteiger partial charge >= 0.3 is 0 Å². The Labute approximate surface area is 109 Å². The summed E-state index contributed by atoms with van der Waals surface area (Å²) in [6.07, 6.45) is 3.79. The molecule has 1 nitrogen and oxygen atoms in total. The van der Waals surface area contributed by atoms with Gasteiger partial charge in [-0.05, 0) is 29.5 Å². The third-order valence-electron chi connectivity index (χ3n) is 4.28. The van der Waals surface area contributed by atoms with Gasteiger partial charge in [-0.3, -0.25) is 0 Å². The molecule has 0 amide bonds. The van der Waals surface area contributed by atoms with E-state index in [0.717, 1.165) is 6.54 Å². The maximum absolute atomic E-state index is 5.99. The number of hydrogen-bond donors (Lipinski definition) is 1. The molecule has 0 spiro atoms. The summed E-state index contributed by atoms with van der Waals surface area (Å²) in [6.45, 7) is 0.769. The highest BCUT2D eigenvalue weighted by Gasteiger charge is 2.37. The molecule has 0 aromatic heterocycles. The topological polar surface area (TPSA) is 26.0 Å². The molecule has 0 bridgehead atoms. The zero-order chi connectivity index (χ0) is 12.4. The molecule has 3 rings (SSSR count). The maximum atomic E-state index is 5.99. The van der Waals surface area contributed by atoms with E-state index in [0.29, 0.717) is 0 Å². The SMILES string of the molecule is NCC1(c2cccc(-c3ccccc3)c2)CCC1. The van der Waals surface area contributed by atoms with Gasteiger partial charge in [-0.15, -0.1) is 0 Å². The van der Waals surface area contributed by atoms with Crippen molar-refractivity contribution < 1.29 is 0 Å². The van der Waals surface area contributed by atoms with Crippen molar-refractivity contribution in [3.63, 3.8) is 0 Å². The van der Waals surface area contributed by atoms with E-state index < -0.39 is 0 Å². The third-order valence-corrected chi connectivity index (χ3v) is 4.28. The molecule has 1 aliphatic carbocycles. The molecular formula is C17H19N.